The van der Waals surface area contributed by atoms with E-state index in [0.29, 0.717) is 11.4 Å². The van der Waals surface area contributed by atoms with Gasteiger partial charge in [0.1, 0.15) is 5.75 Å². The summed E-state index contributed by atoms with van der Waals surface area (Å²) in [5.41, 5.74) is 1.69. The van der Waals surface area contributed by atoms with Crippen molar-refractivity contribution < 1.29 is 14.3 Å². The Balaban J connectivity index is 1.80. The molecule has 0 spiro atoms. The summed E-state index contributed by atoms with van der Waals surface area (Å²) < 4.78 is 5.04. The van der Waals surface area contributed by atoms with Gasteiger partial charge < -0.3 is 10.1 Å². The zero-order valence-electron chi connectivity index (χ0n) is 13.0. The number of hydrogen-bond acceptors (Lipinski definition) is 4. The van der Waals surface area contributed by atoms with Crippen LogP contribution in [0, 0.1) is 6.92 Å². The third-order valence-corrected chi connectivity index (χ3v) is 4.23. The Morgan fingerprint density at radius 2 is 1.78 bits per heavy atom. The maximum Gasteiger partial charge on any atom is 0.325 e. The number of carbonyl (C=O) groups is 2. The van der Waals surface area contributed by atoms with Crippen molar-refractivity contribution in [1.29, 1.82) is 0 Å². The zero-order chi connectivity index (χ0) is 16.7. The first-order valence-corrected chi connectivity index (χ1v) is 8.00. The molecule has 0 aliphatic heterocycles. The van der Waals surface area contributed by atoms with Crippen molar-refractivity contribution in [2.75, 3.05) is 18.2 Å². The molecule has 0 saturated heterocycles. The zero-order valence-corrected chi connectivity index (χ0v) is 13.8. The summed E-state index contributed by atoms with van der Waals surface area (Å²) in [5.74, 6) is 0.534. The van der Waals surface area contributed by atoms with Gasteiger partial charge in [-0.25, -0.2) is 4.79 Å². The van der Waals surface area contributed by atoms with Crippen LogP contribution in [-0.4, -0.2) is 24.8 Å². The van der Waals surface area contributed by atoms with Crippen molar-refractivity contribution in [2.45, 2.75) is 11.8 Å². The number of urea groups is 1. The molecule has 23 heavy (non-hydrogen) atoms. The maximum absolute atomic E-state index is 11.8. The van der Waals surface area contributed by atoms with Gasteiger partial charge in [-0.3, -0.25) is 10.1 Å². The summed E-state index contributed by atoms with van der Waals surface area (Å²) in [5, 5.41) is 4.90. The maximum atomic E-state index is 11.8. The predicted molar refractivity (Wildman–Crippen MR) is 92.1 cm³/mol. The molecule has 120 valence electrons. The van der Waals surface area contributed by atoms with E-state index in [9.17, 15) is 9.59 Å². The van der Waals surface area contributed by atoms with Gasteiger partial charge in [-0.2, -0.15) is 0 Å². The lowest BCUT2D eigenvalue weighted by Gasteiger charge is -2.08. The number of amides is 3. The summed E-state index contributed by atoms with van der Waals surface area (Å²) in [6.45, 7) is 1.98. The number of anilines is 1. The first-order valence-electron chi connectivity index (χ1n) is 7.02. The molecule has 2 N–H and O–H groups in total. The van der Waals surface area contributed by atoms with E-state index in [1.165, 1.54) is 11.8 Å². The Bertz CT molecular complexity index is 686. The number of thioether (sulfide) groups is 1. The third kappa shape index (κ3) is 5.34. The van der Waals surface area contributed by atoms with E-state index in [1.54, 1.807) is 31.4 Å². The topological polar surface area (TPSA) is 67.4 Å². The molecular formula is C17H18N2O3S. The molecule has 0 heterocycles. The molecule has 2 aromatic carbocycles. The third-order valence-electron chi connectivity index (χ3n) is 3.05. The Hall–Kier alpha value is -2.47. The van der Waals surface area contributed by atoms with Gasteiger partial charge in [0, 0.05) is 10.6 Å². The molecular weight excluding hydrogens is 312 g/mol. The van der Waals surface area contributed by atoms with Gasteiger partial charge in [0.15, 0.2) is 0 Å². The average Bonchev–Trinajstić information content (AvgIpc) is 2.54. The van der Waals surface area contributed by atoms with Crippen LogP contribution in [0.5, 0.6) is 5.75 Å². The summed E-state index contributed by atoms with van der Waals surface area (Å²) in [4.78, 5) is 24.6. The Labute approximate surface area is 139 Å². The summed E-state index contributed by atoms with van der Waals surface area (Å²) in [7, 11) is 1.57. The van der Waals surface area contributed by atoms with Crippen LogP contribution in [0.4, 0.5) is 10.5 Å². The van der Waals surface area contributed by atoms with Gasteiger partial charge in [-0.1, -0.05) is 18.2 Å². The lowest BCUT2D eigenvalue weighted by atomic mass is 10.2. The van der Waals surface area contributed by atoms with Crippen molar-refractivity contribution in [3.05, 3.63) is 54.1 Å². The highest BCUT2D eigenvalue weighted by Crippen LogP contribution is 2.21. The molecule has 0 atom stereocenters. The fraction of sp³-hybridized carbons (Fsp3) is 0.176. The van der Waals surface area contributed by atoms with E-state index in [0.717, 1.165) is 10.5 Å². The second-order valence-corrected chi connectivity index (χ2v) is 5.80. The molecule has 0 fully saturated rings. The number of nitrogens with one attached hydrogen (secondary N) is 2. The van der Waals surface area contributed by atoms with Crippen LogP contribution in [0.2, 0.25) is 0 Å². The van der Waals surface area contributed by atoms with Gasteiger partial charge >= 0.3 is 6.03 Å². The van der Waals surface area contributed by atoms with Crippen LogP contribution in [0.25, 0.3) is 0 Å². The molecule has 0 aliphatic rings. The van der Waals surface area contributed by atoms with Crippen molar-refractivity contribution in [2.24, 2.45) is 0 Å². The van der Waals surface area contributed by atoms with E-state index < -0.39 is 6.03 Å². The molecule has 0 aromatic heterocycles. The van der Waals surface area contributed by atoms with Crippen LogP contribution in [0.15, 0.2) is 53.4 Å². The van der Waals surface area contributed by atoms with Gasteiger partial charge in [0.05, 0.1) is 12.9 Å². The second-order valence-electron chi connectivity index (χ2n) is 4.78. The van der Waals surface area contributed by atoms with Crippen LogP contribution in [0.1, 0.15) is 5.56 Å². The summed E-state index contributed by atoms with van der Waals surface area (Å²) in [6.07, 6.45) is 0. The number of hydrogen-bond donors (Lipinski definition) is 2. The standard InChI is InChI=1S/C17H18N2O3S/c1-12-5-3-4-6-15(12)23-11-16(20)19-17(21)18-13-7-9-14(22-2)10-8-13/h3-10H,11H2,1-2H3,(H2,18,19,20,21). The molecule has 5 nitrogen and oxygen atoms in total. The van der Waals surface area contributed by atoms with Crippen LogP contribution in [0.3, 0.4) is 0 Å². The fourth-order valence-corrected chi connectivity index (χ4v) is 2.69. The molecule has 0 radical (unpaired) electrons. The largest absolute Gasteiger partial charge is 0.497 e. The van der Waals surface area contributed by atoms with Crippen molar-refractivity contribution in [3.8, 4) is 5.75 Å². The number of ether oxygens (including phenoxy) is 1. The van der Waals surface area contributed by atoms with Gasteiger partial charge in [0.25, 0.3) is 0 Å². The SMILES string of the molecule is COc1ccc(NC(=O)NC(=O)CSc2ccccc2C)cc1. The normalized spacial score (nSPS) is 10.0. The lowest BCUT2D eigenvalue weighted by molar-refractivity contribution is -0.117. The minimum absolute atomic E-state index is 0.181. The van der Waals surface area contributed by atoms with Crippen molar-refractivity contribution >= 4 is 29.4 Å². The summed E-state index contributed by atoms with van der Waals surface area (Å²) >= 11 is 1.40. The average molecular weight is 330 g/mol. The molecule has 6 heteroatoms. The molecule has 0 saturated carbocycles. The Kier molecular flexibility index (Phi) is 6.05. The van der Waals surface area contributed by atoms with Gasteiger partial charge in [-0.15, -0.1) is 11.8 Å². The number of carbonyl (C=O) groups excluding carboxylic acids is 2. The molecule has 0 unspecified atom stereocenters. The van der Waals surface area contributed by atoms with Crippen LogP contribution < -0.4 is 15.4 Å². The van der Waals surface area contributed by atoms with Crippen LogP contribution in [-0.2, 0) is 4.79 Å². The number of benzene rings is 2. The highest BCUT2D eigenvalue weighted by molar-refractivity contribution is 8.00. The molecule has 2 aromatic rings. The Morgan fingerprint density at radius 1 is 1.09 bits per heavy atom. The minimum atomic E-state index is -0.550. The second kappa shape index (κ2) is 8.24. The predicted octanol–water partition coefficient (Wildman–Crippen LogP) is 3.44. The minimum Gasteiger partial charge on any atom is -0.497 e. The van der Waals surface area contributed by atoms with E-state index >= 15 is 0 Å². The van der Waals surface area contributed by atoms with Gasteiger partial charge in [0.2, 0.25) is 5.91 Å². The number of methoxy groups -OCH3 is 1. The van der Waals surface area contributed by atoms with E-state index in [4.69, 9.17) is 4.74 Å². The lowest BCUT2D eigenvalue weighted by Crippen LogP contribution is -2.35. The number of aryl methyl sites for hydroxylation is 1. The fourth-order valence-electron chi connectivity index (χ4n) is 1.86. The van der Waals surface area contributed by atoms with E-state index in [1.807, 2.05) is 31.2 Å². The monoisotopic (exact) mass is 330 g/mol. The Morgan fingerprint density at radius 3 is 2.43 bits per heavy atom. The molecule has 2 rings (SSSR count). The number of imide groups is 1. The molecule has 3 amide bonds. The first-order chi connectivity index (χ1) is 11.1. The summed E-state index contributed by atoms with van der Waals surface area (Å²) in [6, 6.07) is 14.1. The van der Waals surface area contributed by atoms with Crippen molar-refractivity contribution in [3.63, 3.8) is 0 Å². The first kappa shape index (κ1) is 16.9. The quantitative estimate of drug-likeness (QED) is 0.824. The van der Waals surface area contributed by atoms with Gasteiger partial charge in [-0.05, 0) is 42.8 Å². The smallest absolute Gasteiger partial charge is 0.325 e. The van der Waals surface area contributed by atoms with Crippen LogP contribution >= 0.6 is 11.8 Å². The highest BCUT2D eigenvalue weighted by Gasteiger charge is 2.09. The van der Waals surface area contributed by atoms with Crippen molar-refractivity contribution in [1.82, 2.24) is 5.32 Å². The van der Waals surface area contributed by atoms with E-state index in [-0.39, 0.29) is 11.7 Å². The highest BCUT2D eigenvalue weighted by atomic mass is 32.2. The molecule has 0 bridgehead atoms. The molecule has 0 aliphatic carbocycles. The number of rotatable bonds is 5. The van der Waals surface area contributed by atoms with E-state index in [2.05, 4.69) is 10.6 Å².